The number of nitrogens with two attached hydrogens (primary N) is 1. The molecule has 7 heteroatoms. The zero-order chi connectivity index (χ0) is 24.1. The number of nitrogens with zero attached hydrogens (tertiary/aromatic N) is 3. The van der Waals surface area contributed by atoms with Crippen molar-refractivity contribution in [1.82, 2.24) is 4.98 Å². The second-order valence-electron chi connectivity index (χ2n) is 8.68. The Morgan fingerprint density at radius 3 is 2.66 bits per heavy atom. The van der Waals surface area contributed by atoms with E-state index < -0.39 is 11.9 Å². The molecular formula is C28H22N4O3. The Morgan fingerprint density at radius 2 is 1.89 bits per heavy atom. The zero-order valence-electron chi connectivity index (χ0n) is 19.1. The van der Waals surface area contributed by atoms with Crippen LogP contribution in [0.5, 0.6) is 5.75 Å². The molecule has 2 amide bonds. The number of primary amides is 1. The van der Waals surface area contributed by atoms with Crippen LogP contribution >= 0.6 is 0 Å². The van der Waals surface area contributed by atoms with Crippen molar-refractivity contribution in [1.29, 1.82) is 0 Å². The molecule has 35 heavy (non-hydrogen) atoms. The molecule has 1 aromatic heterocycles. The van der Waals surface area contributed by atoms with Gasteiger partial charge in [0.05, 0.1) is 29.7 Å². The van der Waals surface area contributed by atoms with E-state index in [1.54, 1.807) is 31.4 Å². The smallest absolute Gasteiger partial charge is 0.258 e. The number of aliphatic imine (C=N–C) groups is 1. The van der Waals surface area contributed by atoms with Crippen molar-refractivity contribution in [3.8, 4) is 5.75 Å². The van der Waals surface area contributed by atoms with Gasteiger partial charge < -0.3 is 15.4 Å². The number of hydrogen-bond acceptors (Lipinski definition) is 5. The highest BCUT2D eigenvalue weighted by Crippen LogP contribution is 2.41. The van der Waals surface area contributed by atoms with Crippen molar-refractivity contribution in [2.75, 3.05) is 18.6 Å². The van der Waals surface area contributed by atoms with E-state index in [4.69, 9.17) is 20.4 Å². The molecule has 0 saturated heterocycles. The van der Waals surface area contributed by atoms with E-state index in [0.717, 1.165) is 45.6 Å². The molecule has 1 unspecified atom stereocenters. The molecule has 2 aliphatic rings. The van der Waals surface area contributed by atoms with Crippen molar-refractivity contribution in [2.24, 2.45) is 10.7 Å². The van der Waals surface area contributed by atoms with Crippen LogP contribution in [0, 0.1) is 0 Å². The molecule has 0 radical (unpaired) electrons. The number of ether oxygens (including phenoxy) is 1. The van der Waals surface area contributed by atoms with Crippen molar-refractivity contribution >= 4 is 34.1 Å². The highest BCUT2D eigenvalue weighted by Gasteiger charge is 2.38. The molecule has 172 valence electrons. The molecule has 2 aliphatic heterocycles. The van der Waals surface area contributed by atoms with Gasteiger partial charge >= 0.3 is 0 Å². The summed E-state index contributed by atoms with van der Waals surface area (Å²) in [7, 11) is 1.65. The van der Waals surface area contributed by atoms with Gasteiger partial charge in [0.2, 0.25) is 5.91 Å². The minimum atomic E-state index is -0.810. The summed E-state index contributed by atoms with van der Waals surface area (Å²) in [6, 6.07) is 21.8. The van der Waals surface area contributed by atoms with Crippen molar-refractivity contribution in [3.63, 3.8) is 0 Å². The third-order valence-electron chi connectivity index (χ3n) is 6.61. The summed E-state index contributed by atoms with van der Waals surface area (Å²) in [5.41, 5.74) is 11.6. The molecule has 7 nitrogen and oxygen atoms in total. The van der Waals surface area contributed by atoms with Crippen LogP contribution in [0.2, 0.25) is 0 Å². The standard InChI is InChI=1S/C28H22N4O3/c1-35-20-14-18-11-12-32-26(18)21(15-20)24(16-5-3-2-4-6-16)31-25(28(32)34)23-10-7-17-13-19(27(29)33)8-9-22(17)30-23/h2-10,13-15,25H,11-12H2,1H3,(H2,29,33). The molecule has 3 heterocycles. The van der Waals surface area contributed by atoms with Gasteiger partial charge in [-0.25, -0.2) is 4.98 Å². The quantitative estimate of drug-likeness (QED) is 0.498. The average Bonchev–Trinajstić information content (AvgIpc) is 3.27. The minimum absolute atomic E-state index is 0.110. The van der Waals surface area contributed by atoms with Gasteiger partial charge in [-0.1, -0.05) is 36.4 Å². The largest absolute Gasteiger partial charge is 0.497 e. The van der Waals surface area contributed by atoms with E-state index >= 15 is 0 Å². The Bertz CT molecular complexity index is 1550. The van der Waals surface area contributed by atoms with Gasteiger partial charge in [-0.15, -0.1) is 0 Å². The van der Waals surface area contributed by atoms with Gasteiger partial charge in [0.15, 0.2) is 6.04 Å². The number of aromatic nitrogens is 1. The predicted molar refractivity (Wildman–Crippen MR) is 134 cm³/mol. The molecule has 1 atom stereocenters. The van der Waals surface area contributed by atoms with Crippen LogP contribution in [0.25, 0.3) is 10.9 Å². The van der Waals surface area contributed by atoms with Crippen LogP contribution in [0.1, 0.15) is 38.8 Å². The van der Waals surface area contributed by atoms with Crippen molar-refractivity contribution in [2.45, 2.75) is 12.5 Å². The van der Waals surface area contributed by atoms with E-state index in [0.29, 0.717) is 23.3 Å². The molecule has 0 spiro atoms. The normalized spacial score (nSPS) is 16.6. The van der Waals surface area contributed by atoms with E-state index in [1.807, 2.05) is 53.4 Å². The number of carbonyl (C=O) groups is 2. The summed E-state index contributed by atoms with van der Waals surface area (Å²) in [6.45, 7) is 0.581. The number of hydrogen-bond donors (Lipinski definition) is 1. The Morgan fingerprint density at radius 1 is 1.06 bits per heavy atom. The Hall–Kier alpha value is -4.52. The van der Waals surface area contributed by atoms with Crippen LogP contribution in [-0.4, -0.2) is 36.2 Å². The van der Waals surface area contributed by atoms with Crippen LogP contribution in [-0.2, 0) is 11.2 Å². The second-order valence-corrected chi connectivity index (χ2v) is 8.68. The molecule has 0 bridgehead atoms. The van der Waals surface area contributed by atoms with Crippen LogP contribution in [0.3, 0.4) is 0 Å². The summed E-state index contributed by atoms with van der Waals surface area (Å²) < 4.78 is 5.58. The molecular weight excluding hydrogens is 440 g/mol. The van der Waals surface area contributed by atoms with Gasteiger partial charge in [-0.3, -0.25) is 14.6 Å². The van der Waals surface area contributed by atoms with Gasteiger partial charge in [0.1, 0.15) is 5.75 Å². The highest BCUT2D eigenvalue weighted by atomic mass is 16.5. The average molecular weight is 463 g/mol. The van der Waals surface area contributed by atoms with Gasteiger partial charge in [-0.05, 0) is 48.4 Å². The number of fused-ring (bicyclic) bond motifs is 1. The summed E-state index contributed by atoms with van der Waals surface area (Å²) in [5, 5.41) is 0.773. The monoisotopic (exact) mass is 462 g/mol. The first-order valence-corrected chi connectivity index (χ1v) is 11.4. The first-order valence-electron chi connectivity index (χ1n) is 11.4. The van der Waals surface area contributed by atoms with E-state index in [2.05, 4.69) is 0 Å². The van der Waals surface area contributed by atoms with E-state index in [9.17, 15) is 9.59 Å². The maximum absolute atomic E-state index is 13.9. The van der Waals surface area contributed by atoms with Crippen LogP contribution in [0.4, 0.5) is 5.69 Å². The summed E-state index contributed by atoms with van der Waals surface area (Å²) in [4.78, 5) is 37.1. The maximum Gasteiger partial charge on any atom is 0.258 e. The SMILES string of the molecule is COc1cc2c3c(c1)C(c1ccccc1)=NC(c1ccc4cc(C(N)=O)ccc4n1)C(=O)N3CC2. The lowest BCUT2D eigenvalue weighted by Gasteiger charge is -2.20. The predicted octanol–water partition coefficient (Wildman–Crippen LogP) is 3.82. The topological polar surface area (TPSA) is 97.9 Å². The fraction of sp³-hybridized carbons (Fsp3) is 0.143. The number of carbonyl (C=O) groups excluding carboxylic acids is 2. The highest BCUT2D eigenvalue weighted by molar-refractivity contribution is 6.21. The van der Waals surface area contributed by atoms with E-state index in [-0.39, 0.29) is 5.91 Å². The molecule has 0 fully saturated rings. The Labute approximate surface area is 201 Å². The third-order valence-corrected chi connectivity index (χ3v) is 6.61. The lowest BCUT2D eigenvalue weighted by molar-refractivity contribution is -0.119. The van der Waals surface area contributed by atoms with Crippen LogP contribution in [0.15, 0.2) is 77.8 Å². The fourth-order valence-electron chi connectivity index (χ4n) is 4.90. The molecule has 0 saturated carbocycles. The van der Waals surface area contributed by atoms with Crippen molar-refractivity contribution in [3.05, 3.63) is 101 Å². The van der Waals surface area contributed by atoms with Crippen LogP contribution < -0.4 is 15.4 Å². The van der Waals surface area contributed by atoms with Gasteiger partial charge in [-0.2, -0.15) is 0 Å². The fourth-order valence-corrected chi connectivity index (χ4v) is 4.90. The number of pyridine rings is 1. The summed E-state index contributed by atoms with van der Waals surface area (Å²) in [5.74, 6) is 0.135. The number of anilines is 1. The molecule has 6 rings (SSSR count). The van der Waals surface area contributed by atoms with Gasteiger partial charge in [0, 0.05) is 28.6 Å². The minimum Gasteiger partial charge on any atom is -0.497 e. The second kappa shape index (κ2) is 8.06. The number of amides is 2. The zero-order valence-corrected chi connectivity index (χ0v) is 19.1. The number of methoxy groups -OCH3 is 1. The summed E-state index contributed by atoms with van der Waals surface area (Å²) >= 11 is 0. The Balaban J connectivity index is 1.56. The van der Waals surface area contributed by atoms with Gasteiger partial charge in [0.25, 0.3) is 5.91 Å². The Kier molecular flexibility index (Phi) is 4.84. The van der Waals surface area contributed by atoms with Crippen molar-refractivity contribution < 1.29 is 14.3 Å². The van der Waals surface area contributed by atoms with E-state index in [1.165, 1.54) is 0 Å². The third kappa shape index (κ3) is 3.44. The lowest BCUT2D eigenvalue weighted by atomic mass is 9.97. The first-order chi connectivity index (χ1) is 17.0. The first kappa shape index (κ1) is 21.0. The number of benzene rings is 3. The molecule has 0 aliphatic carbocycles. The number of rotatable bonds is 4. The molecule has 2 N–H and O–H groups in total. The maximum atomic E-state index is 13.9. The summed E-state index contributed by atoms with van der Waals surface area (Å²) in [6.07, 6.45) is 0.751. The molecule has 4 aromatic rings. The lowest BCUT2D eigenvalue weighted by Crippen LogP contribution is -2.33. The molecule has 3 aromatic carbocycles.